The number of nitrogen functional groups attached to an aromatic ring is 2. The zero-order valence-electron chi connectivity index (χ0n) is 22.1. The Morgan fingerprint density at radius 3 is 2.28 bits per heavy atom. The third kappa shape index (κ3) is 10.7. The summed E-state index contributed by atoms with van der Waals surface area (Å²) in [7, 11) is 4.12. The predicted octanol–water partition coefficient (Wildman–Crippen LogP) is -0.567. The Morgan fingerprint density at radius 2 is 1.59 bits per heavy atom. The summed E-state index contributed by atoms with van der Waals surface area (Å²) in [6.07, 6.45) is 1.11. The lowest BCUT2D eigenvalue weighted by Gasteiger charge is -2.30. The molecule has 0 aliphatic rings. The normalized spacial score (nSPS) is 10.8. The number of aromatic nitrogens is 2. The van der Waals surface area contributed by atoms with Crippen molar-refractivity contribution in [2.24, 2.45) is 0 Å². The van der Waals surface area contributed by atoms with Gasteiger partial charge >= 0.3 is 0 Å². The molecule has 0 spiro atoms. The number of quaternary nitrogens is 1. The standard InChI is InChI=1S/C27H34ClN7O3.BrH/c1-35(2,16-14-32-27(37)23-25(29)34-26(30)24(28)33-23)15-6-13-31-22(36)17-19-9-11-21(12-10-19)38-18-20-7-4-3-5-8-20;/h3-5,7-12H,6,13-18H2,1-2H3,(H5-,29,30,31,32,34,36,37);1H. The van der Waals surface area contributed by atoms with E-state index in [-0.39, 0.29) is 45.4 Å². The minimum Gasteiger partial charge on any atom is -1.00 e. The van der Waals surface area contributed by atoms with Crippen molar-refractivity contribution in [3.8, 4) is 5.75 Å². The van der Waals surface area contributed by atoms with Gasteiger partial charge in [-0.25, -0.2) is 9.97 Å². The number of hydrogen-bond donors (Lipinski definition) is 4. The van der Waals surface area contributed by atoms with Crippen LogP contribution in [0.1, 0.15) is 28.0 Å². The first kappa shape index (κ1) is 31.8. The monoisotopic (exact) mass is 619 g/mol. The second-order valence-electron chi connectivity index (χ2n) is 9.57. The molecule has 0 aliphatic carbocycles. The van der Waals surface area contributed by atoms with Crippen molar-refractivity contribution in [3.63, 3.8) is 0 Å². The van der Waals surface area contributed by atoms with Crippen LogP contribution in [0.25, 0.3) is 0 Å². The van der Waals surface area contributed by atoms with Crippen LogP contribution in [0, 0.1) is 0 Å². The summed E-state index contributed by atoms with van der Waals surface area (Å²) >= 11 is 5.84. The van der Waals surface area contributed by atoms with Gasteiger partial charge in [0.2, 0.25) is 5.91 Å². The van der Waals surface area contributed by atoms with Gasteiger partial charge in [-0.05, 0) is 23.3 Å². The van der Waals surface area contributed by atoms with Crippen LogP contribution in [0.15, 0.2) is 54.6 Å². The Morgan fingerprint density at radius 1 is 0.897 bits per heavy atom. The lowest BCUT2D eigenvalue weighted by molar-refractivity contribution is -0.889. The van der Waals surface area contributed by atoms with E-state index in [4.69, 9.17) is 27.8 Å². The average Bonchev–Trinajstić information content (AvgIpc) is 2.89. The first-order chi connectivity index (χ1) is 18.1. The summed E-state index contributed by atoms with van der Waals surface area (Å²) < 4.78 is 6.45. The van der Waals surface area contributed by atoms with Crippen LogP contribution in [0.2, 0.25) is 5.15 Å². The Balaban J connectivity index is 0.00000533. The predicted molar refractivity (Wildman–Crippen MR) is 149 cm³/mol. The fourth-order valence-corrected chi connectivity index (χ4v) is 3.83. The number of amides is 2. The van der Waals surface area contributed by atoms with Gasteiger partial charge in [-0.1, -0.05) is 54.1 Å². The second kappa shape index (κ2) is 15.2. The highest BCUT2D eigenvalue weighted by Gasteiger charge is 2.19. The molecule has 0 saturated heterocycles. The molecule has 0 fully saturated rings. The van der Waals surface area contributed by atoms with Gasteiger partial charge in [0, 0.05) is 13.0 Å². The molecule has 0 bridgehead atoms. The smallest absolute Gasteiger partial charge is 0.273 e. The lowest BCUT2D eigenvalue weighted by Crippen LogP contribution is -3.00. The summed E-state index contributed by atoms with van der Waals surface area (Å²) in [6, 6.07) is 17.5. The molecule has 6 N–H and O–H groups in total. The molecule has 1 heterocycles. The number of nitrogens with one attached hydrogen (secondary N) is 2. The molecule has 210 valence electrons. The fourth-order valence-electron chi connectivity index (χ4n) is 3.70. The molecule has 10 nitrogen and oxygen atoms in total. The number of likely N-dealkylation sites (N-methyl/N-ethyl adjacent to an activating group) is 1. The number of halogens is 2. The Labute approximate surface area is 244 Å². The van der Waals surface area contributed by atoms with E-state index in [0.717, 1.165) is 29.8 Å². The largest absolute Gasteiger partial charge is 1.00 e. The highest BCUT2D eigenvalue weighted by Crippen LogP contribution is 2.17. The van der Waals surface area contributed by atoms with Gasteiger partial charge in [-0.2, -0.15) is 0 Å². The molecule has 12 heteroatoms. The number of ether oxygens (including phenoxy) is 1. The second-order valence-corrected chi connectivity index (χ2v) is 9.93. The molecule has 2 amide bonds. The Hall–Kier alpha value is -3.41. The van der Waals surface area contributed by atoms with Gasteiger partial charge < -0.3 is 48.3 Å². The molecule has 0 unspecified atom stereocenters. The van der Waals surface area contributed by atoms with Crippen molar-refractivity contribution in [2.45, 2.75) is 19.4 Å². The summed E-state index contributed by atoms with van der Waals surface area (Å²) in [5.41, 5.74) is 13.2. The van der Waals surface area contributed by atoms with Crippen molar-refractivity contribution in [2.75, 3.05) is 51.7 Å². The summed E-state index contributed by atoms with van der Waals surface area (Å²) in [4.78, 5) is 32.4. The first-order valence-corrected chi connectivity index (χ1v) is 12.7. The van der Waals surface area contributed by atoms with Gasteiger partial charge in [-0.3, -0.25) is 9.59 Å². The molecule has 0 saturated carbocycles. The number of carbonyl (C=O) groups is 2. The van der Waals surface area contributed by atoms with Crippen molar-refractivity contribution in [3.05, 3.63) is 76.6 Å². The van der Waals surface area contributed by atoms with Gasteiger partial charge in [0.25, 0.3) is 5.91 Å². The maximum absolute atomic E-state index is 12.4. The minimum atomic E-state index is -0.458. The zero-order chi connectivity index (χ0) is 27.5. The molecule has 0 radical (unpaired) electrons. The van der Waals surface area contributed by atoms with E-state index in [0.29, 0.717) is 37.1 Å². The van der Waals surface area contributed by atoms with E-state index < -0.39 is 5.91 Å². The number of nitrogens with zero attached hydrogens (tertiary/aromatic N) is 3. The molecule has 1 aromatic heterocycles. The maximum Gasteiger partial charge on any atom is 0.273 e. The van der Waals surface area contributed by atoms with Crippen molar-refractivity contribution < 1.29 is 35.8 Å². The first-order valence-electron chi connectivity index (χ1n) is 12.3. The molecule has 2 aromatic carbocycles. The number of anilines is 2. The Bertz CT molecular complexity index is 1230. The number of benzene rings is 2. The quantitative estimate of drug-likeness (QED) is 0.148. The van der Waals surface area contributed by atoms with Gasteiger partial charge in [0.05, 0.1) is 40.2 Å². The van der Waals surface area contributed by atoms with Crippen molar-refractivity contribution in [1.29, 1.82) is 0 Å². The third-order valence-corrected chi connectivity index (χ3v) is 6.20. The molecule has 3 aromatic rings. The van der Waals surface area contributed by atoms with Crippen molar-refractivity contribution >= 4 is 35.1 Å². The van der Waals surface area contributed by atoms with E-state index in [1.807, 2.05) is 54.6 Å². The van der Waals surface area contributed by atoms with Gasteiger partial charge in [-0.15, -0.1) is 0 Å². The molecular weight excluding hydrogens is 586 g/mol. The molecule has 0 aliphatic heterocycles. The number of hydrogen-bond acceptors (Lipinski definition) is 7. The van der Waals surface area contributed by atoms with Crippen molar-refractivity contribution in [1.82, 2.24) is 20.6 Å². The van der Waals surface area contributed by atoms with Crippen LogP contribution < -0.4 is 43.8 Å². The third-order valence-electron chi connectivity index (χ3n) is 5.92. The highest BCUT2D eigenvalue weighted by atomic mass is 79.9. The molecule has 39 heavy (non-hydrogen) atoms. The van der Waals surface area contributed by atoms with Gasteiger partial charge in [0.15, 0.2) is 22.5 Å². The average molecular weight is 621 g/mol. The summed E-state index contributed by atoms with van der Waals surface area (Å²) in [5.74, 6) is 0.193. The van der Waals surface area contributed by atoms with Gasteiger partial charge in [0.1, 0.15) is 12.4 Å². The van der Waals surface area contributed by atoms with E-state index in [2.05, 4.69) is 34.7 Å². The lowest BCUT2D eigenvalue weighted by atomic mass is 10.1. The van der Waals surface area contributed by atoms with E-state index in [1.54, 1.807) is 0 Å². The summed E-state index contributed by atoms with van der Waals surface area (Å²) in [6.45, 7) is 2.98. The molecule has 3 rings (SSSR count). The van der Waals surface area contributed by atoms with Crippen LogP contribution in [-0.4, -0.2) is 66.5 Å². The minimum absolute atomic E-state index is 0. The number of nitrogens with two attached hydrogens (primary N) is 2. The highest BCUT2D eigenvalue weighted by molar-refractivity contribution is 6.31. The van der Waals surface area contributed by atoms with Crippen LogP contribution in [0.5, 0.6) is 5.75 Å². The molecular formula is C27H35BrClN7O3. The van der Waals surface area contributed by atoms with Crippen LogP contribution in [-0.2, 0) is 17.8 Å². The number of carbonyl (C=O) groups excluding carboxylic acids is 2. The number of rotatable bonds is 13. The van der Waals surface area contributed by atoms with Crippen LogP contribution >= 0.6 is 11.6 Å². The maximum atomic E-state index is 12.4. The van der Waals surface area contributed by atoms with E-state index >= 15 is 0 Å². The zero-order valence-corrected chi connectivity index (χ0v) is 24.5. The SMILES string of the molecule is C[N+](C)(CCCNC(=O)Cc1ccc(OCc2ccccc2)cc1)CCNC(=O)c1nc(Cl)c(N)nc1N.[Br-]. The van der Waals surface area contributed by atoms with E-state index in [1.165, 1.54) is 0 Å². The topological polar surface area (TPSA) is 145 Å². The Kier molecular flexibility index (Phi) is 12.4. The molecule has 0 atom stereocenters. The van der Waals surface area contributed by atoms with Crippen LogP contribution in [0.4, 0.5) is 11.6 Å². The van der Waals surface area contributed by atoms with Crippen LogP contribution in [0.3, 0.4) is 0 Å². The fraction of sp³-hybridized carbons (Fsp3) is 0.333. The van der Waals surface area contributed by atoms with E-state index in [9.17, 15) is 9.59 Å². The summed E-state index contributed by atoms with van der Waals surface area (Å²) in [5, 5.41) is 5.70.